The fraction of sp³-hybridized carbons (Fsp3) is 0.600. The quantitative estimate of drug-likeness (QED) is 0.121. The van der Waals surface area contributed by atoms with Crippen LogP contribution in [0.5, 0.6) is 0 Å². The smallest absolute Gasteiger partial charge is 0.726 e. The van der Waals surface area contributed by atoms with Crippen LogP contribution in [0.1, 0.15) is 0 Å². The summed E-state index contributed by atoms with van der Waals surface area (Å²) in [4.78, 5) is 44.4. The molecule has 0 heterocycles. The molecule has 0 aromatic rings. The molecule has 0 aromatic heterocycles. The summed E-state index contributed by atoms with van der Waals surface area (Å²) >= 11 is 0. The molecule has 0 aromatic carbocycles. The summed E-state index contributed by atoms with van der Waals surface area (Å²) in [6, 6.07) is 0. The van der Waals surface area contributed by atoms with Crippen molar-refractivity contribution in [1.29, 1.82) is 0 Å². The number of nitrogens with zero attached hydrogens (tertiary/aromatic N) is 2. The Labute approximate surface area is 169 Å². The van der Waals surface area contributed by atoms with Gasteiger partial charge in [-0.25, -0.2) is 8.42 Å². The summed E-state index contributed by atoms with van der Waals surface area (Å²) in [6.45, 7) is -2.25. The molecule has 0 spiro atoms. The molecule has 0 atom stereocenters. The van der Waals surface area contributed by atoms with Crippen molar-refractivity contribution >= 4 is 34.3 Å². The fourth-order valence-corrected chi connectivity index (χ4v) is 1.48. The summed E-state index contributed by atoms with van der Waals surface area (Å²) in [5.41, 5.74) is 0. The van der Waals surface area contributed by atoms with Gasteiger partial charge in [-0.2, -0.15) is 0 Å². The van der Waals surface area contributed by atoms with Gasteiger partial charge in [0, 0.05) is 13.1 Å². The molecule has 16 heteroatoms. The molecule has 0 aliphatic carbocycles. The standard InChI is InChI=1S/C10H16N2O8.Na.H2O4S/c13-7(14)3-11(4-8(15)16)1-2-12(5-9(17)18)6-10(19)20;;1-5(2,3)4/h1-6H2,(H,13,14)(H,15,16)(H,17,18)(H,19,20);;(H2,1,2,3,4)/q;+1;/p-1. The molecule has 0 aliphatic heterocycles. The van der Waals surface area contributed by atoms with Gasteiger partial charge in [0.15, 0.2) is 0 Å². The third-order valence-corrected chi connectivity index (χ3v) is 2.17. The van der Waals surface area contributed by atoms with Crippen LogP contribution in [0.3, 0.4) is 0 Å². The van der Waals surface area contributed by atoms with Gasteiger partial charge in [-0.05, 0) is 0 Å². The van der Waals surface area contributed by atoms with E-state index >= 15 is 0 Å². The molecular weight excluding hydrogens is 395 g/mol. The Morgan fingerprint density at radius 2 is 0.846 bits per heavy atom. The molecule has 0 bridgehead atoms. The third-order valence-electron chi connectivity index (χ3n) is 2.17. The van der Waals surface area contributed by atoms with Gasteiger partial charge in [-0.3, -0.25) is 33.5 Å². The molecule has 14 nitrogen and oxygen atoms in total. The van der Waals surface area contributed by atoms with E-state index in [0.29, 0.717) is 0 Å². The van der Waals surface area contributed by atoms with Crippen molar-refractivity contribution in [2.75, 3.05) is 39.3 Å². The molecule has 0 aliphatic rings. The van der Waals surface area contributed by atoms with Crippen molar-refractivity contribution in [1.82, 2.24) is 9.80 Å². The first-order valence-electron chi connectivity index (χ1n) is 6.21. The monoisotopic (exact) mass is 412 g/mol. The normalized spacial score (nSPS) is 10.5. The number of rotatable bonds is 11. The first-order chi connectivity index (χ1) is 11.2. The van der Waals surface area contributed by atoms with Gasteiger partial charge < -0.3 is 25.0 Å². The van der Waals surface area contributed by atoms with E-state index in [-0.39, 0.29) is 42.6 Å². The van der Waals surface area contributed by atoms with E-state index in [4.69, 9.17) is 37.9 Å². The fourth-order valence-electron chi connectivity index (χ4n) is 1.48. The SMILES string of the molecule is O=C(O)CN(CCN(CC(=O)O)CC(=O)O)CC(=O)O.O=S(=O)([O-])O.[Na+]. The van der Waals surface area contributed by atoms with Crippen molar-refractivity contribution in [3.05, 3.63) is 0 Å². The Kier molecular flexibility index (Phi) is 16.8. The maximum absolute atomic E-state index is 10.6. The van der Waals surface area contributed by atoms with Crippen molar-refractivity contribution in [3.63, 3.8) is 0 Å². The number of carbonyl (C=O) groups is 4. The van der Waals surface area contributed by atoms with Crippen LogP contribution >= 0.6 is 0 Å². The van der Waals surface area contributed by atoms with Crippen LogP contribution in [0.25, 0.3) is 0 Å². The average Bonchev–Trinajstić information content (AvgIpc) is 2.30. The number of carboxylic acids is 4. The zero-order chi connectivity index (χ0) is 20.2. The number of carboxylic acid groups (broad SMARTS) is 4. The molecule has 0 saturated carbocycles. The summed E-state index contributed by atoms with van der Waals surface area (Å²) in [6.07, 6.45) is 0. The maximum atomic E-state index is 10.6. The van der Waals surface area contributed by atoms with Crippen LogP contribution in [0.4, 0.5) is 0 Å². The predicted molar refractivity (Wildman–Crippen MR) is 75.7 cm³/mol. The minimum absolute atomic E-state index is 0. The predicted octanol–water partition coefficient (Wildman–Crippen LogP) is -6.06. The van der Waals surface area contributed by atoms with Crippen LogP contribution in [-0.4, -0.2) is 111 Å². The summed E-state index contributed by atoms with van der Waals surface area (Å²) in [5.74, 6) is -4.91. The van der Waals surface area contributed by atoms with Crippen LogP contribution in [0, 0.1) is 0 Å². The Morgan fingerprint density at radius 3 is 0.962 bits per heavy atom. The maximum Gasteiger partial charge on any atom is 1.00 e. The van der Waals surface area contributed by atoms with E-state index in [9.17, 15) is 19.2 Å². The van der Waals surface area contributed by atoms with Crippen LogP contribution in [0.15, 0.2) is 0 Å². The second-order valence-electron chi connectivity index (χ2n) is 4.42. The summed E-state index contributed by atoms with van der Waals surface area (Å²) in [7, 11) is -4.92. The van der Waals surface area contributed by atoms with E-state index in [1.54, 1.807) is 0 Å². The Morgan fingerprint density at radius 1 is 0.692 bits per heavy atom. The molecule has 0 unspecified atom stereocenters. The van der Waals surface area contributed by atoms with E-state index in [1.165, 1.54) is 0 Å². The molecule has 0 saturated heterocycles. The van der Waals surface area contributed by atoms with Gasteiger partial charge in [0.05, 0.1) is 26.2 Å². The van der Waals surface area contributed by atoms with Crippen molar-refractivity contribution < 1.29 is 86.7 Å². The molecule has 0 radical (unpaired) electrons. The second-order valence-corrected chi connectivity index (χ2v) is 5.28. The molecule has 146 valence electrons. The number of hydrogen-bond donors (Lipinski definition) is 5. The summed E-state index contributed by atoms with van der Waals surface area (Å²) in [5, 5.41) is 34.5. The van der Waals surface area contributed by atoms with Crippen molar-refractivity contribution in [2.24, 2.45) is 0 Å². The topological polar surface area (TPSA) is 233 Å². The molecule has 0 rings (SSSR count). The van der Waals surface area contributed by atoms with E-state index in [1.807, 2.05) is 0 Å². The van der Waals surface area contributed by atoms with Crippen molar-refractivity contribution in [3.8, 4) is 0 Å². The minimum Gasteiger partial charge on any atom is -0.726 e. The largest absolute Gasteiger partial charge is 1.00 e. The van der Waals surface area contributed by atoms with E-state index in [0.717, 1.165) is 9.80 Å². The van der Waals surface area contributed by atoms with Gasteiger partial charge in [0.1, 0.15) is 0 Å². The zero-order valence-corrected chi connectivity index (χ0v) is 16.5. The molecule has 26 heavy (non-hydrogen) atoms. The molecule has 0 fully saturated rings. The number of hydrogen-bond acceptors (Lipinski definition) is 9. The minimum atomic E-state index is -4.92. The Hall–Kier alpha value is -1.33. The van der Waals surface area contributed by atoms with Crippen molar-refractivity contribution in [2.45, 2.75) is 0 Å². The second kappa shape index (κ2) is 14.8. The van der Waals surface area contributed by atoms with E-state index < -0.39 is 60.5 Å². The van der Waals surface area contributed by atoms with Crippen LogP contribution in [-0.2, 0) is 29.6 Å². The number of aliphatic carboxylic acids is 4. The Balaban J connectivity index is -0.000000772. The van der Waals surface area contributed by atoms with Gasteiger partial charge in [0.25, 0.3) is 0 Å². The molecule has 5 N–H and O–H groups in total. The first-order valence-corrected chi connectivity index (χ1v) is 7.57. The van der Waals surface area contributed by atoms with Gasteiger partial charge in [-0.15, -0.1) is 0 Å². The van der Waals surface area contributed by atoms with Gasteiger partial charge >= 0.3 is 53.4 Å². The summed E-state index contributed by atoms with van der Waals surface area (Å²) < 4.78 is 32.8. The third kappa shape index (κ3) is 27.5. The van der Waals surface area contributed by atoms with E-state index in [2.05, 4.69) is 0 Å². The Bertz CT molecular complexity index is 505. The van der Waals surface area contributed by atoms with Crippen LogP contribution < -0.4 is 29.6 Å². The molecule has 0 amide bonds. The van der Waals surface area contributed by atoms with Gasteiger partial charge in [0.2, 0.25) is 10.4 Å². The molecular formula is C10H17N2NaO12S. The van der Waals surface area contributed by atoms with Gasteiger partial charge in [-0.1, -0.05) is 0 Å². The van der Waals surface area contributed by atoms with Crippen LogP contribution in [0.2, 0.25) is 0 Å². The average molecular weight is 412 g/mol. The first kappa shape index (κ1) is 29.4. The zero-order valence-electron chi connectivity index (χ0n) is 13.6.